The molecule has 104 valence electrons. The van der Waals surface area contributed by atoms with Crippen LogP contribution in [0.2, 0.25) is 0 Å². The molecule has 6 N–H and O–H groups in total. The molecule has 2 atom stereocenters. The number of primary amides is 1. The number of carboxylic acid groups (broad SMARTS) is 1. The van der Waals surface area contributed by atoms with Crippen LogP contribution < -0.4 is 16.8 Å². The van der Waals surface area contributed by atoms with Crippen molar-refractivity contribution in [3.63, 3.8) is 0 Å². The Morgan fingerprint density at radius 3 is 2.06 bits per heavy atom. The highest BCUT2D eigenvalue weighted by Gasteiger charge is 2.26. The van der Waals surface area contributed by atoms with Crippen molar-refractivity contribution in [2.45, 2.75) is 45.7 Å². The van der Waals surface area contributed by atoms with Gasteiger partial charge in [-0.1, -0.05) is 20.8 Å². The molecule has 0 aromatic carbocycles. The zero-order valence-electron chi connectivity index (χ0n) is 10.9. The molecule has 0 aromatic rings. The van der Waals surface area contributed by atoms with Gasteiger partial charge in [-0.3, -0.25) is 9.59 Å². The molecule has 0 aromatic heterocycles. The van der Waals surface area contributed by atoms with Crippen molar-refractivity contribution in [2.75, 3.05) is 0 Å². The Morgan fingerprint density at radius 1 is 1.22 bits per heavy atom. The van der Waals surface area contributed by atoms with Crippen LogP contribution in [0.3, 0.4) is 0 Å². The van der Waals surface area contributed by atoms with Crippen molar-refractivity contribution < 1.29 is 19.5 Å². The highest BCUT2D eigenvalue weighted by atomic mass is 16.4. The standard InChI is InChI=1S/C11H21N3O4/c1-11(2,3)7(12)5-9(16)14-6(10(17)18)4-8(13)15/h6-7H,4-5,12H2,1-3H3,(H2,13,15)(H,14,16)(H,17,18)/t6-,7?/m1/s1. The summed E-state index contributed by atoms with van der Waals surface area (Å²) in [5, 5.41) is 11.0. The van der Waals surface area contributed by atoms with E-state index in [1.807, 2.05) is 20.8 Å². The first kappa shape index (κ1) is 16.4. The summed E-state index contributed by atoms with van der Waals surface area (Å²) in [6, 6.07) is -1.71. The van der Waals surface area contributed by atoms with Crippen LogP contribution in [0.5, 0.6) is 0 Å². The van der Waals surface area contributed by atoms with E-state index >= 15 is 0 Å². The van der Waals surface area contributed by atoms with Crippen LogP contribution in [0.4, 0.5) is 0 Å². The van der Waals surface area contributed by atoms with Crippen LogP contribution in [0, 0.1) is 5.41 Å². The van der Waals surface area contributed by atoms with E-state index in [9.17, 15) is 14.4 Å². The maximum Gasteiger partial charge on any atom is 0.326 e. The third kappa shape index (κ3) is 6.19. The fourth-order valence-electron chi connectivity index (χ4n) is 1.16. The third-order valence-electron chi connectivity index (χ3n) is 2.56. The second-order valence-electron chi connectivity index (χ2n) is 5.31. The average molecular weight is 259 g/mol. The highest BCUT2D eigenvalue weighted by Crippen LogP contribution is 2.19. The van der Waals surface area contributed by atoms with Crippen molar-refractivity contribution in [3.8, 4) is 0 Å². The van der Waals surface area contributed by atoms with Gasteiger partial charge in [0.25, 0.3) is 0 Å². The Morgan fingerprint density at radius 2 is 1.72 bits per heavy atom. The number of carbonyl (C=O) groups excluding carboxylic acids is 2. The number of nitrogens with two attached hydrogens (primary N) is 2. The minimum Gasteiger partial charge on any atom is -0.480 e. The summed E-state index contributed by atoms with van der Waals surface area (Å²) in [5.74, 6) is -2.60. The Kier molecular flexibility index (Phi) is 5.77. The first-order chi connectivity index (χ1) is 8.04. The van der Waals surface area contributed by atoms with Gasteiger partial charge in [0.05, 0.1) is 6.42 Å². The SMILES string of the molecule is CC(C)(C)C(N)CC(=O)N[C@H](CC(N)=O)C(=O)O. The minimum absolute atomic E-state index is 0.00789. The summed E-state index contributed by atoms with van der Waals surface area (Å²) >= 11 is 0. The molecule has 0 aliphatic rings. The lowest BCUT2D eigenvalue weighted by molar-refractivity contribution is -0.143. The van der Waals surface area contributed by atoms with Crippen LogP contribution in [0.25, 0.3) is 0 Å². The number of rotatable bonds is 6. The second kappa shape index (κ2) is 6.34. The van der Waals surface area contributed by atoms with Gasteiger partial charge in [0, 0.05) is 12.5 Å². The first-order valence-electron chi connectivity index (χ1n) is 5.60. The predicted octanol–water partition coefficient (Wildman–Crippen LogP) is -0.805. The zero-order chi connectivity index (χ0) is 14.5. The smallest absolute Gasteiger partial charge is 0.326 e. The molecule has 7 heteroatoms. The zero-order valence-corrected chi connectivity index (χ0v) is 10.9. The Hall–Kier alpha value is -1.63. The van der Waals surface area contributed by atoms with Crippen LogP contribution >= 0.6 is 0 Å². The predicted molar refractivity (Wildman–Crippen MR) is 65.4 cm³/mol. The summed E-state index contributed by atoms with van der Waals surface area (Å²) in [7, 11) is 0. The number of hydrogen-bond donors (Lipinski definition) is 4. The van der Waals surface area contributed by atoms with Crippen molar-refractivity contribution in [1.29, 1.82) is 0 Å². The van der Waals surface area contributed by atoms with E-state index in [0.29, 0.717) is 0 Å². The number of nitrogens with one attached hydrogen (secondary N) is 1. The van der Waals surface area contributed by atoms with Crippen LogP contribution in [0.1, 0.15) is 33.6 Å². The molecule has 7 nitrogen and oxygen atoms in total. The van der Waals surface area contributed by atoms with Gasteiger partial charge in [-0.05, 0) is 5.41 Å². The third-order valence-corrected chi connectivity index (χ3v) is 2.56. The molecule has 2 amide bonds. The highest BCUT2D eigenvalue weighted by molar-refractivity contribution is 5.88. The molecule has 0 saturated heterocycles. The van der Waals surface area contributed by atoms with Gasteiger partial charge in [-0.25, -0.2) is 4.79 Å². The minimum atomic E-state index is -1.30. The summed E-state index contributed by atoms with van der Waals surface area (Å²) in [6.07, 6.45) is -0.447. The molecule has 0 fully saturated rings. The number of carboxylic acids is 1. The van der Waals surface area contributed by atoms with E-state index in [1.165, 1.54) is 0 Å². The fraction of sp³-hybridized carbons (Fsp3) is 0.727. The van der Waals surface area contributed by atoms with Gasteiger partial charge < -0.3 is 21.9 Å². The van der Waals surface area contributed by atoms with E-state index < -0.39 is 36.3 Å². The number of hydrogen-bond acceptors (Lipinski definition) is 4. The maximum atomic E-state index is 11.6. The van der Waals surface area contributed by atoms with E-state index in [2.05, 4.69) is 5.32 Å². The molecule has 0 rings (SSSR count). The van der Waals surface area contributed by atoms with Crippen LogP contribution in [-0.2, 0) is 14.4 Å². The normalized spacial score (nSPS) is 14.7. The molecule has 1 unspecified atom stereocenters. The Balaban J connectivity index is 4.44. The molecule has 0 aliphatic heterocycles. The number of aliphatic carboxylic acids is 1. The average Bonchev–Trinajstić information content (AvgIpc) is 2.13. The van der Waals surface area contributed by atoms with Gasteiger partial charge in [0.2, 0.25) is 11.8 Å². The second-order valence-corrected chi connectivity index (χ2v) is 5.31. The Labute approximate surface area is 106 Å². The van der Waals surface area contributed by atoms with Crippen LogP contribution in [-0.4, -0.2) is 35.0 Å². The molecule has 18 heavy (non-hydrogen) atoms. The molecular weight excluding hydrogens is 238 g/mol. The topological polar surface area (TPSA) is 136 Å². The molecule has 0 aliphatic carbocycles. The van der Waals surface area contributed by atoms with Gasteiger partial charge in [0.1, 0.15) is 6.04 Å². The monoisotopic (exact) mass is 259 g/mol. The first-order valence-corrected chi connectivity index (χ1v) is 5.60. The van der Waals surface area contributed by atoms with Crippen molar-refractivity contribution in [2.24, 2.45) is 16.9 Å². The van der Waals surface area contributed by atoms with Crippen LogP contribution in [0.15, 0.2) is 0 Å². The maximum absolute atomic E-state index is 11.6. The number of amides is 2. The Bertz CT molecular complexity index is 336. The van der Waals surface area contributed by atoms with Crippen molar-refractivity contribution >= 4 is 17.8 Å². The van der Waals surface area contributed by atoms with E-state index in [0.717, 1.165) is 0 Å². The quantitative estimate of drug-likeness (QED) is 0.495. The molecule has 0 spiro atoms. The van der Waals surface area contributed by atoms with Gasteiger partial charge in [-0.2, -0.15) is 0 Å². The van der Waals surface area contributed by atoms with Gasteiger partial charge in [0.15, 0.2) is 0 Å². The summed E-state index contributed by atoms with van der Waals surface area (Å²) in [5.41, 5.74) is 10.4. The number of carbonyl (C=O) groups is 3. The lowest BCUT2D eigenvalue weighted by Crippen LogP contribution is -2.46. The van der Waals surface area contributed by atoms with Gasteiger partial charge in [-0.15, -0.1) is 0 Å². The molecular formula is C11H21N3O4. The van der Waals surface area contributed by atoms with E-state index in [4.69, 9.17) is 16.6 Å². The fourth-order valence-corrected chi connectivity index (χ4v) is 1.16. The van der Waals surface area contributed by atoms with Crippen molar-refractivity contribution in [3.05, 3.63) is 0 Å². The van der Waals surface area contributed by atoms with E-state index in [-0.39, 0.29) is 11.8 Å². The van der Waals surface area contributed by atoms with Gasteiger partial charge >= 0.3 is 5.97 Å². The summed E-state index contributed by atoms with van der Waals surface area (Å²) in [4.78, 5) is 33.0. The summed E-state index contributed by atoms with van der Waals surface area (Å²) < 4.78 is 0. The lowest BCUT2D eigenvalue weighted by Gasteiger charge is -2.26. The largest absolute Gasteiger partial charge is 0.480 e. The lowest BCUT2D eigenvalue weighted by atomic mass is 9.85. The molecule has 0 saturated carbocycles. The molecule has 0 bridgehead atoms. The molecule has 0 heterocycles. The summed E-state index contributed by atoms with van der Waals surface area (Å²) in [6.45, 7) is 5.63. The molecule has 0 radical (unpaired) electrons. The van der Waals surface area contributed by atoms with E-state index in [1.54, 1.807) is 0 Å². The van der Waals surface area contributed by atoms with Crippen molar-refractivity contribution in [1.82, 2.24) is 5.32 Å².